The van der Waals surface area contributed by atoms with Gasteiger partial charge in [-0.25, -0.2) is 0 Å². The lowest BCUT2D eigenvalue weighted by molar-refractivity contribution is 0.0605. The summed E-state index contributed by atoms with van der Waals surface area (Å²) in [6.45, 7) is 1.92. The van der Waals surface area contributed by atoms with Crippen molar-refractivity contribution in [1.82, 2.24) is 4.90 Å². The first-order valence-electron chi connectivity index (χ1n) is 7.24. The number of aliphatic hydroxyl groups excluding tert-OH is 1. The fourth-order valence-electron chi connectivity index (χ4n) is 2.47. The molecule has 2 aromatic rings. The molecule has 0 aliphatic rings. The molecule has 0 saturated heterocycles. The Balaban J connectivity index is 2.19. The number of hydrogen-bond donors (Lipinski definition) is 2. The van der Waals surface area contributed by atoms with Crippen LogP contribution in [0.3, 0.4) is 0 Å². The number of nitrogens with zero attached hydrogens (tertiary/aromatic N) is 2. The van der Waals surface area contributed by atoms with Crippen molar-refractivity contribution < 1.29 is 5.11 Å². The number of benzene rings is 2. The van der Waals surface area contributed by atoms with Crippen molar-refractivity contribution in [2.24, 2.45) is 0 Å². The Morgan fingerprint density at radius 1 is 1.05 bits per heavy atom. The lowest BCUT2D eigenvalue weighted by atomic mass is 9.99. The molecule has 0 heterocycles. The Kier molecular flexibility index (Phi) is 5.16. The molecular weight excluding hydrogens is 274 g/mol. The quantitative estimate of drug-likeness (QED) is 0.832. The van der Waals surface area contributed by atoms with Gasteiger partial charge in [0.15, 0.2) is 0 Å². The summed E-state index contributed by atoms with van der Waals surface area (Å²) in [4.78, 5) is 1.88. The van der Waals surface area contributed by atoms with Gasteiger partial charge in [0, 0.05) is 11.7 Å². The van der Waals surface area contributed by atoms with E-state index in [4.69, 9.17) is 5.73 Å². The molecule has 2 rings (SSSR count). The van der Waals surface area contributed by atoms with Crippen molar-refractivity contribution in [2.75, 3.05) is 12.8 Å². The summed E-state index contributed by atoms with van der Waals surface area (Å²) in [5, 5.41) is 20.0. The van der Waals surface area contributed by atoms with E-state index in [1.165, 1.54) is 0 Å². The van der Waals surface area contributed by atoms with Gasteiger partial charge in [-0.2, -0.15) is 5.26 Å². The Hall–Kier alpha value is -2.35. The van der Waals surface area contributed by atoms with E-state index >= 15 is 0 Å². The number of rotatable bonds is 5. The van der Waals surface area contributed by atoms with Gasteiger partial charge in [-0.3, -0.25) is 4.90 Å². The summed E-state index contributed by atoms with van der Waals surface area (Å²) in [6, 6.07) is 18.4. The number of hydrogen-bond acceptors (Lipinski definition) is 4. The van der Waals surface area contributed by atoms with Gasteiger partial charge in [0.1, 0.15) is 6.04 Å². The molecule has 114 valence electrons. The van der Waals surface area contributed by atoms with E-state index < -0.39 is 12.1 Å². The molecule has 0 amide bonds. The van der Waals surface area contributed by atoms with E-state index in [9.17, 15) is 10.4 Å². The lowest BCUT2D eigenvalue weighted by Gasteiger charge is -2.32. The lowest BCUT2D eigenvalue weighted by Crippen LogP contribution is -2.36. The van der Waals surface area contributed by atoms with Crippen molar-refractivity contribution in [3.05, 3.63) is 65.7 Å². The predicted molar refractivity (Wildman–Crippen MR) is 87.8 cm³/mol. The Bertz CT molecular complexity index is 634. The van der Waals surface area contributed by atoms with Crippen LogP contribution in [0.4, 0.5) is 5.69 Å². The van der Waals surface area contributed by atoms with Crippen LogP contribution >= 0.6 is 0 Å². The predicted octanol–water partition coefficient (Wildman–Crippen LogP) is 2.89. The maximum Gasteiger partial charge on any atom is 0.123 e. The molecule has 3 N–H and O–H groups in total. The van der Waals surface area contributed by atoms with Crippen molar-refractivity contribution >= 4 is 5.69 Å². The minimum atomic E-state index is -0.657. The summed E-state index contributed by atoms with van der Waals surface area (Å²) in [5.41, 5.74) is 8.07. The van der Waals surface area contributed by atoms with Crippen molar-refractivity contribution in [1.29, 1.82) is 5.26 Å². The number of likely N-dealkylation sites (N-methyl/N-ethyl adjacent to an activating group) is 1. The molecule has 0 radical (unpaired) electrons. The Morgan fingerprint density at radius 2 is 1.64 bits per heavy atom. The van der Waals surface area contributed by atoms with Gasteiger partial charge in [0.05, 0.1) is 12.2 Å². The number of aliphatic hydroxyl groups is 1. The highest BCUT2D eigenvalue weighted by Gasteiger charge is 2.27. The molecule has 0 saturated carbocycles. The van der Waals surface area contributed by atoms with Crippen LogP contribution in [0.2, 0.25) is 0 Å². The molecule has 3 atom stereocenters. The molecule has 0 aliphatic heterocycles. The molecule has 0 aromatic heterocycles. The van der Waals surface area contributed by atoms with E-state index in [0.29, 0.717) is 5.69 Å². The Morgan fingerprint density at radius 3 is 2.18 bits per heavy atom. The van der Waals surface area contributed by atoms with Gasteiger partial charge in [0.2, 0.25) is 0 Å². The second-order valence-electron chi connectivity index (χ2n) is 5.46. The second kappa shape index (κ2) is 7.08. The van der Waals surface area contributed by atoms with Crippen LogP contribution in [0.25, 0.3) is 0 Å². The monoisotopic (exact) mass is 295 g/mol. The van der Waals surface area contributed by atoms with Crippen molar-refractivity contribution in [2.45, 2.75) is 25.1 Å². The zero-order valence-electron chi connectivity index (χ0n) is 12.8. The van der Waals surface area contributed by atoms with Gasteiger partial charge < -0.3 is 10.8 Å². The maximum absolute atomic E-state index is 10.5. The second-order valence-corrected chi connectivity index (χ2v) is 5.46. The smallest absolute Gasteiger partial charge is 0.123 e. The minimum absolute atomic E-state index is 0.204. The Labute approximate surface area is 131 Å². The summed E-state index contributed by atoms with van der Waals surface area (Å²) >= 11 is 0. The maximum atomic E-state index is 10.5. The summed E-state index contributed by atoms with van der Waals surface area (Å²) < 4.78 is 0. The first kappa shape index (κ1) is 16.0. The fraction of sp³-hybridized carbons (Fsp3) is 0.278. The molecule has 4 heteroatoms. The zero-order chi connectivity index (χ0) is 16.1. The standard InChI is InChI=1S/C18H21N3O/c1-13(18(22)15-6-4-3-5-7-15)21(2)17(12-19)14-8-10-16(20)11-9-14/h3-11,13,17-18,22H,20H2,1-2H3. The average molecular weight is 295 g/mol. The minimum Gasteiger partial charge on any atom is -0.399 e. The number of nitriles is 1. The van der Waals surface area contributed by atoms with Crippen molar-refractivity contribution in [3.63, 3.8) is 0 Å². The van der Waals surface area contributed by atoms with E-state index in [0.717, 1.165) is 11.1 Å². The number of anilines is 1. The summed E-state index contributed by atoms with van der Waals surface area (Å²) in [5.74, 6) is 0. The molecule has 3 unspecified atom stereocenters. The van der Waals surface area contributed by atoms with Crippen LogP contribution in [0.15, 0.2) is 54.6 Å². The number of nitrogen functional groups attached to an aromatic ring is 1. The van der Waals surface area contributed by atoms with Gasteiger partial charge in [-0.1, -0.05) is 42.5 Å². The van der Waals surface area contributed by atoms with Crippen LogP contribution in [0, 0.1) is 11.3 Å². The topological polar surface area (TPSA) is 73.3 Å². The average Bonchev–Trinajstić information content (AvgIpc) is 2.56. The molecule has 22 heavy (non-hydrogen) atoms. The van der Waals surface area contributed by atoms with Crippen molar-refractivity contribution in [3.8, 4) is 6.07 Å². The third-order valence-corrected chi connectivity index (χ3v) is 4.02. The van der Waals surface area contributed by atoms with Crippen LogP contribution in [0.1, 0.15) is 30.2 Å². The molecular formula is C18H21N3O. The SMILES string of the molecule is CC(C(O)c1ccccc1)N(C)C(C#N)c1ccc(N)cc1. The highest BCUT2D eigenvalue weighted by Crippen LogP contribution is 2.27. The van der Waals surface area contributed by atoms with Gasteiger partial charge in [-0.15, -0.1) is 0 Å². The fourth-order valence-corrected chi connectivity index (χ4v) is 2.47. The van der Waals surface area contributed by atoms with Gasteiger partial charge in [-0.05, 0) is 37.2 Å². The molecule has 0 fully saturated rings. The van der Waals surface area contributed by atoms with Gasteiger partial charge in [0.25, 0.3) is 0 Å². The van der Waals surface area contributed by atoms with Crippen LogP contribution in [-0.2, 0) is 0 Å². The summed E-state index contributed by atoms with van der Waals surface area (Å²) in [6.07, 6.45) is -0.657. The molecule has 4 nitrogen and oxygen atoms in total. The zero-order valence-corrected chi connectivity index (χ0v) is 12.8. The van der Waals surface area contributed by atoms with E-state index in [1.807, 2.05) is 61.3 Å². The van der Waals surface area contributed by atoms with Crippen LogP contribution in [0.5, 0.6) is 0 Å². The third-order valence-electron chi connectivity index (χ3n) is 4.02. The first-order valence-corrected chi connectivity index (χ1v) is 7.24. The summed E-state index contributed by atoms with van der Waals surface area (Å²) in [7, 11) is 1.85. The van der Waals surface area contributed by atoms with Gasteiger partial charge >= 0.3 is 0 Å². The molecule has 0 aliphatic carbocycles. The van der Waals surface area contributed by atoms with E-state index in [2.05, 4.69) is 6.07 Å². The molecule has 0 bridgehead atoms. The number of nitrogens with two attached hydrogens (primary N) is 1. The molecule has 2 aromatic carbocycles. The van der Waals surface area contributed by atoms with Crippen LogP contribution < -0.4 is 5.73 Å². The molecule has 0 spiro atoms. The largest absolute Gasteiger partial charge is 0.399 e. The van der Waals surface area contributed by atoms with E-state index in [1.54, 1.807) is 12.1 Å². The normalized spacial score (nSPS) is 15.0. The van der Waals surface area contributed by atoms with Crippen LogP contribution in [-0.4, -0.2) is 23.1 Å². The third kappa shape index (κ3) is 3.45. The highest BCUT2D eigenvalue weighted by atomic mass is 16.3. The first-order chi connectivity index (χ1) is 10.5. The highest BCUT2D eigenvalue weighted by molar-refractivity contribution is 5.41. The van der Waals surface area contributed by atoms with E-state index in [-0.39, 0.29) is 6.04 Å².